The summed E-state index contributed by atoms with van der Waals surface area (Å²) in [6.07, 6.45) is 3.62. The maximum Gasteiger partial charge on any atom is 0.0817 e. The Morgan fingerprint density at radius 1 is 1.78 bits per heavy atom. The van der Waals surface area contributed by atoms with Gasteiger partial charge in [0, 0.05) is 4.91 Å². The lowest BCUT2D eigenvalue weighted by molar-refractivity contribution is 0.173. The average molecular weight is 125 g/mol. The zero-order valence-corrected chi connectivity index (χ0v) is 4.81. The summed E-state index contributed by atoms with van der Waals surface area (Å²) in [7, 11) is 0. The van der Waals surface area contributed by atoms with Crippen molar-refractivity contribution in [1.82, 2.24) is 0 Å². The molecular weight excluding hydrogens is 118 g/mol. The molecule has 0 unspecified atom stereocenters. The number of rotatable bonds is 1. The van der Waals surface area contributed by atoms with Crippen LogP contribution in [0.2, 0.25) is 0 Å². The van der Waals surface area contributed by atoms with Crippen LogP contribution in [0.1, 0.15) is 6.42 Å². The van der Waals surface area contributed by atoms with E-state index in [1.165, 1.54) is 0 Å². The summed E-state index contributed by atoms with van der Waals surface area (Å²) in [6.45, 7) is 0. The van der Waals surface area contributed by atoms with E-state index in [1.54, 1.807) is 6.08 Å². The first-order valence-electron chi connectivity index (χ1n) is 2.73. The van der Waals surface area contributed by atoms with Crippen molar-refractivity contribution in [3.8, 4) is 0 Å². The Bertz CT molecular complexity index is 171. The predicted octanol–water partition coefficient (Wildman–Crippen LogP) is 0.986. The van der Waals surface area contributed by atoms with Crippen molar-refractivity contribution < 1.29 is 5.11 Å². The summed E-state index contributed by atoms with van der Waals surface area (Å²) < 4.78 is 0. The highest BCUT2D eigenvalue weighted by atomic mass is 16.3. The molecule has 0 aliphatic heterocycles. The number of aliphatic hydroxyl groups excluding tert-OH is 1. The largest absolute Gasteiger partial charge is 0.392 e. The van der Waals surface area contributed by atoms with Crippen molar-refractivity contribution in [3.05, 3.63) is 22.6 Å². The first-order valence-corrected chi connectivity index (χ1v) is 2.73. The predicted molar refractivity (Wildman–Crippen MR) is 32.7 cm³/mol. The van der Waals surface area contributed by atoms with E-state index in [4.69, 9.17) is 10.6 Å². The van der Waals surface area contributed by atoms with E-state index in [1.807, 2.05) is 6.08 Å². The lowest BCUT2D eigenvalue weighted by Crippen LogP contribution is -2.15. The standard InChI is InChI=1S/C5H7N3O/c6-8-7-4-2-1-3-5(4)9/h1-2,4-5,9H,3H2/t4-,5-/m0/s1. The fourth-order valence-electron chi connectivity index (χ4n) is 0.800. The van der Waals surface area contributed by atoms with Crippen molar-refractivity contribution >= 4 is 0 Å². The third-order valence-electron chi connectivity index (χ3n) is 1.29. The zero-order chi connectivity index (χ0) is 6.69. The molecule has 48 valence electrons. The van der Waals surface area contributed by atoms with Gasteiger partial charge in [-0.3, -0.25) is 0 Å². The monoisotopic (exact) mass is 125 g/mol. The molecule has 1 N–H and O–H groups in total. The fraction of sp³-hybridized carbons (Fsp3) is 0.600. The second-order valence-corrected chi connectivity index (χ2v) is 1.93. The Morgan fingerprint density at radius 3 is 3.00 bits per heavy atom. The summed E-state index contributed by atoms with van der Waals surface area (Å²) in [6, 6.07) is -0.338. The van der Waals surface area contributed by atoms with Crippen LogP contribution in [0.5, 0.6) is 0 Å². The topological polar surface area (TPSA) is 69.0 Å². The SMILES string of the molecule is [N-]=[N+]=N[C@H]1C=CC[C@@H]1O. The molecule has 1 rings (SSSR count). The van der Waals surface area contributed by atoms with Gasteiger partial charge in [0.2, 0.25) is 0 Å². The van der Waals surface area contributed by atoms with Gasteiger partial charge in [-0.15, -0.1) is 0 Å². The summed E-state index contributed by atoms with van der Waals surface area (Å²) in [4.78, 5) is 2.58. The number of hydrogen-bond donors (Lipinski definition) is 1. The molecule has 0 heterocycles. The number of hydrogen-bond acceptors (Lipinski definition) is 2. The summed E-state index contributed by atoms with van der Waals surface area (Å²) in [5.41, 5.74) is 7.96. The molecule has 0 saturated heterocycles. The molecule has 0 bridgehead atoms. The van der Waals surface area contributed by atoms with E-state index in [2.05, 4.69) is 10.0 Å². The molecule has 2 atom stereocenters. The van der Waals surface area contributed by atoms with E-state index >= 15 is 0 Å². The van der Waals surface area contributed by atoms with Gasteiger partial charge in [-0.2, -0.15) is 0 Å². The second-order valence-electron chi connectivity index (χ2n) is 1.93. The normalized spacial score (nSPS) is 32.1. The minimum absolute atomic E-state index is 0.338. The van der Waals surface area contributed by atoms with Crippen molar-refractivity contribution in [2.24, 2.45) is 5.11 Å². The Morgan fingerprint density at radius 2 is 2.56 bits per heavy atom. The molecule has 1 aliphatic rings. The molecule has 0 spiro atoms. The lowest BCUT2D eigenvalue weighted by Gasteiger charge is -2.04. The van der Waals surface area contributed by atoms with E-state index in [-0.39, 0.29) is 6.04 Å². The van der Waals surface area contributed by atoms with Gasteiger partial charge in [-0.25, -0.2) is 0 Å². The number of nitrogens with zero attached hydrogens (tertiary/aromatic N) is 3. The highest BCUT2D eigenvalue weighted by Crippen LogP contribution is 2.13. The summed E-state index contributed by atoms with van der Waals surface area (Å²) >= 11 is 0. The van der Waals surface area contributed by atoms with Gasteiger partial charge >= 0.3 is 0 Å². The van der Waals surface area contributed by atoms with Crippen LogP contribution in [0.25, 0.3) is 10.4 Å². The van der Waals surface area contributed by atoms with Gasteiger partial charge in [0.1, 0.15) is 0 Å². The van der Waals surface area contributed by atoms with Gasteiger partial charge in [0.05, 0.1) is 12.1 Å². The zero-order valence-electron chi connectivity index (χ0n) is 4.81. The molecule has 1 aliphatic carbocycles. The van der Waals surface area contributed by atoms with Crippen LogP contribution in [0, 0.1) is 0 Å². The van der Waals surface area contributed by atoms with Crippen LogP contribution in [0.3, 0.4) is 0 Å². The van der Waals surface area contributed by atoms with Crippen LogP contribution in [-0.2, 0) is 0 Å². The van der Waals surface area contributed by atoms with Gasteiger partial charge in [0.15, 0.2) is 0 Å². The molecule has 4 nitrogen and oxygen atoms in total. The first-order chi connectivity index (χ1) is 4.34. The molecule has 0 aromatic heterocycles. The minimum atomic E-state index is -0.499. The van der Waals surface area contributed by atoms with E-state index in [9.17, 15) is 0 Å². The van der Waals surface area contributed by atoms with Crippen molar-refractivity contribution in [2.45, 2.75) is 18.6 Å². The van der Waals surface area contributed by atoms with E-state index in [0.717, 1.165) is 0 Å². The summed E-state index contributed by atoms with van der Waals surface area (Å²) in [5.74, 6) is 0. The molecule has 9 heavy (non-hydrogen) atoms. The third-order valence-corrected chi connectivity index (χ3v) is 1.29. The Kier molecular flexibility index (Phi) is 1.72. The van der Waals surface area contributed by atoms with Gasteiger partial charge in [0.25, 0.3) is 0 Å². The smallest absolute Gasteiger partial charge is 0.0817 e. The Balaban J connectivity index is 2.59. The van der Waals surface area contributed by atoms with Crippen LogP contribution >= 0.6 is 0 Å². The summed E-state index contributed by atoms with van der Waals surface area (Å²) in [5, 5.41) is 12.3. The van der Waals surface area contributed by atoms with Crippen molar-refractivity contribution in [1.29, 1.82) is 0 Å². The Labute approximate surface area is 52.4 Å². The molecule has 0 saturated carbocycles. The maximum absolute atomic E-state index is 8.99. The maximum atomic E-state index is 8.99. The molecule has 0 aromatic rings. The average Bonchev–Trinajstić information content (AvgIpc) is 2.18. The quantitative estimate of drug-likeness (QED) is 0.241. The van der Waals surface area contributed by atoms with Crippen LogP contribution in [0.4, 0.5) is 0 Å². The van der Waals surface area contributed by atoms with Crippen LogP contribution < -0.4 is 0 Å². The van der Waals surface area contributed by atoms with Crippen molar-refractivity contribution in [3.63, 3.8) is 0 Å². The molecule has 0 amide bonds. The Hall–Kier alpha value is -0.990. The highest BCUT2D eigenvalue weighted by molar-refractivity contribution is 5.06. The highest BCUT2D eigenvalue weighted by Gasteiger charge is 2.17. The van der Waals surface area contributed by atoms with Crippen LogP contribution in [-0.4, -0.2) is 17.3 Å². The third kappa shape index (κ3) is 1.22. The van der Waals surface area contributed by atoms with Gasteiger partial charge in [-0.1, -0.05) is 17.3 Å². The molecule has 0 aromatic carbocycles. The molecule has 0 fully saturated rings. The molecule has 0 radical (unpaired) electrons. The number of aliphatic hydroxyl groups is 1. The minimum Gasteiger partial charge on any atom is -0.392 e. The van der Waals surface area contributed by atoms with Crippen molar-refractivity contribution in [2.75, 3.05) is 0 Å². The lowest BCUT2D eigenvalue weighted by atomic mass is 10.2. The number of azide groups is 1. The molecular formula is C5H7N3O. The second kappa shape index (κ2) is 2.53. The van der Waals surface area contributed by atoms with Gasteiger partial charge in [-0.05, 0) is 12.0 Å². The molecule has 4 heteroatoms. The van der Waals surface area contributed by atoms with Crippen LogP contribution in [0.15, 0.2) is 17.3 Å². The van der Waals surface area contributed by atoms with E-state index in [0.29, 0.717) is 6.42 Å². The first kappa shape index (κ1) is 6.13. The van der Waals surface area contributed by atoms with Gasteiger partial charge < -0.3 is 5.11 Å². The van der Waals surface area contributed by atoms with E-state index < -0.39 is 6.10 Å². The fourth-order valence-corrected chi connectivity index (χ4v) is 0.800.